The number of aromatic nitrogens is 1. The second-order valence-electron chi connectivity index (χ2n) is 7.06. The summed E-state index contributed by atoms with van der Waals surface area (Å²) in [7, 11) is 0. The zero-order valence-electron chi connectivity index (χ0n) is 11.9. The maximum absolute atomic E-state index is 11.1. The summed E-state index contributed by atoms with van der Waals surface area (Å²) in [4.78, 5) is 4.35. The Morgan fingerprint density at radius 1 is 1.06 bits per heavy atom. The summed E-state index contributed by atoms with van der Waals surface area (Å²) in [6, 6.07) is 5.72. The summed E-state index contributed by atoms with van der Waals surface area (Å²) in [6.07, 6.45) is 2.44. The summed E-state index contributed by atoms with van der Waals surface area (Å²) < 4.78 is 0. The molecule has 17 heavy (non-hydrogen) atoms. The van der Waals surface area contributed by atoms with Crippen LogP contribution >= 0.6 is 0 Å². The molecule has 0 aromatic carbocycles. The molecule has 1 aromatic rings. The summed E-state index contributed by atoms with van der Waals surface area (Å²) in [5.41, 5.74) is -0.317. The van der Waals surface area contributed by atoms with E-state index in [1.807, 2.05) is 18.2 Å². The van der Waals surface area contributed by atoms with Crippen molar-refractivity contribution in [1.82, 2.24) is 4.98 Å². The molecule has 0 saturated carbocycles. The molecule has 0 amide bonds. The van der Waals surface area contributed by atoms with Crippen LogP contribution < -0.4 is 0 Å². The van der Waals surface area contributed by atoms with Crippen molar-refractivity contribution in [3.8, 4) is 0 Å². The SMILES string of the molecule is CC(C)(C)CC(O)(c1ccccn1)C(C)(C)C. The normalized spacial score (nSPS) is 16.6. The molecule has 0 spiro atoms. The molecule has 1 rings (SSSR count). The lowest BCUT2D eigenvalue weighted by Gasteiger charge is -2.43. The van der Waals surface area contributed by atoms with Crippen molar-refractivity contribution in [2.75, 3.05) is 0 Å². The van der Waals surface area contributed by atoms with Gasteiger partial charge in [-0.25, -0.2) is 0 Å². The zero-order chi connectivity index (χ0) is 13.3. The summed E-state index contributed by atoms with van der Waals surface area (Å²) in [5, 5.41) is 11.1. The Bertz CT molecular complexity index is 359. The first-order valence-electron chi connectivity index (χ1n) is 6.20. The molecule has 1 unspecified atom stereocenters. The van der Waals surface area contributed by atoms with Crippen LogP contribution in [0, 0.1) is 10.8 Å². The lowest BCUT2D eigenvalue weighted by molar-refractivity contribution is -0.0953. The first-order chi connectivity index (χ1) is 7.56. The quantitative estimate of drug-likeness (QED) is 0.847. The number of rotatable bonds is 2. The van der Waals surface area contributed by atoms with E-state index in [0.29, 0.717) is 6.42 Å². The van der Waals surface area contributed by atoms with E-state index in [4.69, 9.17) is 0 Å². The van der Waals surface area contributed by atoms with E-state index >= 15 is 0 Å². The van der Waals surface area contributed by atoms with Gasteiger partial charge in [-0.2, -0.15) is 0 Å². The monoisotopic (exact) mass is 235 g/mol. The molecule has 96 valence electrons. The molecule has 0 radical (unpaired) electrons. The minimum atomic E-state index is -0.896. The van der Waals surface area contributed by atoms with Crippen molar-refractivity contribution in [2.45, 2.75) is 53.6 Å². The van der Waals surface area contributed by atoms with E-state index in [-0.39, 0.29) is 10.8 Å². The van der Waals surface area contributed by atoms with Crippen LogP contribution in [-0.2, 0) is 5.60 Å². The first-order valence-corrected chi connectivity index (χ1v) is 6.20. The predicted octanol–water partition coefficient (Wildman–Crippen LogP) is 3.75. The van der Waals surface area contributed by atoms with Gasteiger partial charge in [-0.05, 0) is 29.4 Å². The summed E-state index contributed by atoms with van der Waals surface area (Å²) in [6.45, 7) is 12.6. The standard InChI is InChI=1S/C15H25NO/c1-13(2,3)11-15(17,14(4,5)6)12-9-7-8-10-16-12/h7-10,17H,11H2,1-6H3. The fourth-order valence-electron chi connectivity index (χ4n) is 2.11. The Hall–Kier alpha value is -0.890. The van der Waals surface area contributed by atoms with Crippen LogP contribution in [0.5, 0.6) is 0 Å². The maximum Gasteiger partial charge on any atom is 0.112 e. The Kier molecular flexibility index (Phi) is 3.68. The lowest BCUT2D eigenvalue weighted by atomic mass is 9.67. The molecule has 2 heteroatoms. The van der Waals surface area contributed by atoms with Gasteiger partial charge in [-0.3, -0.25) is 4.98 Å². The van der Waals surface area contributed by atoms with Gasteiger partial charge in [-0.1, -0.05) is 47.6 Å². The maximum atomic E-state index is 11.1. The van der Waals surface area contributed by atoms with Crippen molar-refractivity contribution in [1.29, 1.82) is 0 Å². The average molecular weight is 235 g/mol. The second kappa shape index (κ2) is 4.41. The van der Waals surface area contributed by atoms with Gasteiger partial charge in [0, 0.05) is 6.20 Å². The molecular weight excluding hydrogens is 210 g/mol. The fraction of sp³-hybridized carbons (Fsp3) is 0.667. The molecule has 0 saturated heterocycles. The van der Waals surface area contributed by atoms with Gasteiger partial charge in [0.05, 0.1) is 5.69 Å². The molecule has 1 aromatic heterocycles. The summed E-state index contributed by atoms with van der Waals surface area (Å²) in [5.74, 6) is 0. The molecule has 0 aliphatic heterocycles. The van der Waals surface area contributed by atoms with Crippen molar-refractivity contribution in [3.05, 3.63) is 30.1 Å². The third-order valence-corrected chi connectivity index (χ3v) is 3.12. The highest BCUT2D eigenvalue weighted by molar-refractivity contribution is 5.17. The second-order valence-corrected chi connectivity index (χ2v) is 7.06. The fourth-order valence-corrected chi connectivity index (χ4v) is 2.11. The van der Waals surface area contributed by atoms with Crippen LogP contribution in [0.15, 0.2) is 24.4 Å². The third kappa shape index (κ3) is 3.29. The van der Waals surface area contributed by atoms with Crippen molar-refractivity contribution >= 4 is 0 Å². The Morgan fingerprint density at radius 3 is 2.00 bits per heavy atom. The number of hydrogen-bond donors (Lipinski definition) is 1. The molecular formula is C15H25NO. The van der Waals surface area contributed by atoms with Crippen molar-refractivity contribution < 1.29 is 5.11 Å². The lowest BCUT2D eigenvalue weighted by Crippen LogP contribution is -2.43. The van der Waals surface area contributed by atoms with Gasteiger partial charge < -0.3 is 5.11 Å². The molecule has 1 heterocycles. The third-order valence-electron chi connectivity index (χ3n) is 3.12. The van der Waals surface area contributed by atoms with Gasteiger partial charge in [0.2, 0.25) is 0 Å². The van der Waals surface area contributed by atoms with E-state index in [1.165, 1.54) is 0 Å². The first kappa shape index (κ1) is 14.2. The van der Waals surface area contributed by atoms with Crippen molar-refractivity contribution in [3.63, 3.8) is 0 Å². The van der Waals surface area contributed by atoms with E-state index in [0.717, 1.165) is 5.69 Å². The topological polar surface area (TPSA) is 33.1 Å². The van der Waals surface area contributed by atoms with Gasteiger partial charge in [0.1, 0.15) is 5.60 Å². The number of aliphatic hydroxyl groups is 1. The molecule has 0 aliphatic carbocycles. The van der Waals surface area contributed by atoms with Crippen LogP contribution in [0.4, 0.5) is 0 Å². The van der Waals surface area contributed by atoms with Crippen LogP contribution in [0.1, 0.15) is 53.7 Å². The highest BCUT2D eigenvalue weighted by Crippen LogP contribution is 2.45. The Morgan fingerprint density at radius 2 is 1.65 bits per heavy atom. The van der Waals surface area contributed by atoms with Crippen LogP contribution in [0.25, 0.3) is 0 Å². The number of nitrogens with zero attached hydrogens (tertiary/aromatic N) is 1. The van der Waals surface area contributed by atoms with E-state index in [9.17, 15) is 5.11 Å². The number of hydrogen-bond acceptors (Lipinski definition) is 2. The predicted molar refractivity (Wildman–Crippen MR) is 71.7 cm³/mol. The molecule has 2 nitrogen and oxygen atoms in total. The number of pyridine rings is 1. The van der Waals surface area contributed by atoms with Crippen LogP contribution in [0.3, 0.4) is 0 Å². The van der Waals surface area contributed by atoms with Gasteiger partial charge in [0.25, 0.3) is 0 Å². The molecule has 0 aliphatic rings. The van der Waals surface area contributed by atoms with Crippen molar-refractivity contribution in [2.24, 2.45) is 10.8 Å². The van der Waals surface area contributed by atoms with E-state index in [2.05, 4.69) is 46.5 Å². The molecule has 0 fully saturated rings. The Balaban J connectivity index is 3.22. The van der Waals surface area contributed by atoms with Gasteiger partial charge >= 0.3 is 0 Å². The minimum absolute atomic E-state index is 0.0551. The molecule has 1 N–H and O–H groups in total. The van der Waals surface area contributed by atoms with Crippen LogP contribution in [0.2, 0.25) is 0 Å². The largest absolute Gasteiger partial charge is 0.383 e. The molecule has 0 bridgehead atoms. The van der Waals surface area contributed by atoms with E-state index < -0.39 is 5.60 Å². The highest BCUT2D eigenvalue weighted by Gasteiger charge is 2.45. The van der Waals surface area contributed by atoms with Gasteiger partial charge in [-0.15, -0.1) is 0 Å². The minimum Gasteiger partial charge on any atom is -0.383 e. The molecule has 1 atom stereocenters. The summed E-state index contributed by atoms with van der Waals surface area (Å²) >= 11 is 0. The smallest absolute Gasteiger partial charge is 0.112 e. The van der Waals surface area contributed by atoms with E-state index in [1.54, 1.807) is 6.20 Å². The van der Waals surface area contributed by atoms with Gasteiger partial charge in [0.15, 0.2) is 0 Å². The van der Waals surface area contributed by atoms with Crippen LogP contribution in [-0.4, -0.2) is 10.1 Å². The Labute approximate surface area is 105 Å². The zero-order valence-corrected chi connectivity index (χ0v) is 11.9. The average Bonchev–Trinajstić information content (AvgIpc) is 2.14. The highest BCUT2D eigenvalue weighted by atomic mass is 16.3.